The fourth-order valence-electron chi connectivity index (χ4n) is 0.656. The normalized spacial score (nSPS) is 8.67. The molecule has 62 valence electrons. The number of hydrogen-bond acceptors (Lipinski definition) is 3. The molecule has 0 heterocycles. The van der Waals surface area contributed by atoms with Gasteiger partial charge in [-0.3, -0.25) is 0 Å². The van der Waals surface area contributed by atoms with E-state index in [1.165, 1.54) is 6.07 Å². The summed E-state index contributed by atoms with van der Waals surface area (Å²) in [5.74, 6) is -1.89. The third-order valence-electron chi connectivity index (χ3n) is 1.22. The minimum absolute atomic E-state index is 0. The van der Waals surface area contributed by atoms with E-state index in [0.717, 1.165) is 12.1 Å². The van der Waals surface area contributed by atoms with Crippen LogP contribution in [-0.2, 0) is 21.7 Å². The number of rotatable bonds is 1. The van der Waals surface area contributed by atoms with Gasteiger partial charge in [-0.25, -0.2) is 4.79 Å². The Morgan fingerprint density at radius 3 is 2.17 bits per heavy atom. The van der Waals surface area contributed by atoms with Crippen LogP contribution in [0, 0.1) is 0 Å². The van der Waals surface area contributed by atoms with Crippen molar-refractivity contribution in [2.45, 2.75) is 0 Å². The summed E-state index contributed by atoms with van der Waals surface area (Å²) < 4.78 is 0. The molecule has 1 rings (SSSR count). The van der Waals surface area contributed by atoms with E-state index in [0.29, 0.717) is 0 Å². The predicted molar refractivity (Wildman–Crippen MR) is 36.7 cm³/mol. The van der Waals surface area contributed by atoms with Crippen molar-refractivity contribution < 1.29 is 41.8 Å². The van der Waals surface area contributed by atoms with Crippen LogP contribution < -0.4 is 0 Å². The van der Waals surface area contributed by atoms with E-state index >= 15 is 0 Å². The van der Waals surface area contributed by atoms with Gasteiger partial charge < -0.3 is 15.3 Å². The van der Waals surface area contributed by atoms with Gasteiger partial charge in [-0.15, -0.1) is 0 Å². The molecule has 0 saturated heterocycles. The smallest absolute Gasteiger partial charge is 0.335 e. The van der Waals surface area contributed by atoms with Crippen LogP contribution in [-0.4, -0.2) is 21.3 Å². The maximum Gasteiger partial charge on any atom is 0.335 e. The molecule has 0 aliphatic rings. The molecular formula is C7H6O4Ti. The SMILES string of the molecule is O=C(O)c1ccc(O)c(O)c1.[Ti]. The van der Waals surface area contributed by atoms with Crippen LogP contribution in [0.15, 0.2) is 18.2 Å². The van der Waals surface area contributed by atoms with Crippen molar-refractivity contribution in [3.63, 3.8) is 0 Å². The van der Waals surface area contributed by atoms with E-state index in [4.69, 9.17) is 15.3 Å². The summed E-state index contributed by atoms with van der Waals surface area (Å²) in [6.45, 7) is 0. The molecule has 0 bridgehead atoms. The quantitative estimate of drug-likeness (QED) is 0.464. The molecule has 0 aliphatic carbocycles. The number of aromatic carboxylic acids is 1. The largest absolute Gasteiger partial charge is 0.504 e. The van der Waals surface area contributed by atoms with Gasteiger partial charge in [-0.1, -0.05) is 0 Å². The van der Waals surface area contributed by atoms with Crippen LogP contribution in [0.1, 0.15) is 10.4 Å². The number of aromatic hydroxyl groups is 2. The Hall–Kier alpha value is -0.996. The maximum absolute atomic E-state index is 10.3. The molecular weight excluding hydrogens is 196 g/mol. The first kappa shape index (κ1) is 11.0. The molecule has 0 unspecified atom stereocenters. The summed E-state index contributed by atoms with van der Waals surface area (Å²) in [6.07, 6.45) is 0. The Morgan fingerprint density at radius 1 is 1.17 bits per heavy atom. The monoisotopic (exact) mass is 202 g/mol. The maximum atomic E-state index is 10.3. The molecule has 1 aromatic carbocycles. The molecule has 4 nitrogen and oxygen atoms in total. The first-order valence-corrected chi connectivity index (χ1v) is 2.86. The van der Waals surface area contributed by atoms with Crippen molar-refractivity contribution in [2.24, 2.45) is 0 Å². The van der Waals surface area contributed by atoms with E-state index in [2.05, 4.69) is 0 Å². The van der Waals surface area contributed by atoms with Crippen LogP contribution in [0.5, 0.6) is 11.5 Å². The Labute approximate surface area is 83.3 Å². The van der Waals surface area contributed by atoms with Gasteiger partial charge in [0, 0.05) is 21.7 Å². The number of phenols is 2. The first-order valence-electron chi connectivity index (χ1n) is 2.86. The molecule has 5 heteroatoms. The Balaban J connectivity index is 0.00000121. The van der Waals surface area contributed by atoms with E-state index < -0.39 is 11.7 Å². The molecule has 0 spiro atoms. The second-order valence-corrected chi connectivity index (χ2v) is 2.01. The summed E-state index contributed by atoms with van der Waals surface area (Å²) in [4.78, 5) is 10.3. The van der Waals surface area contributed by atoms with Gasteiger partial charge in [0.2, 0.25) is 0 Å². The number of phenolic OH excluding ortho intramolecular Hbond substituents is 2. The Bertz CT molecular complexity index is 297. The summed E-state index contributed by atoms with van der Waals surface area (Å²) in [5.41, 5.74) is -0.0553. The summed E-state index contributed by atoms with van der Waals surface area (Å²) >= 11 is 0. The zero-order chi connectivity index (χ0) is 8.43. The number of carboxylic acids is 1. The Morgan fingerprint density at radius 2 is 1.75 bits per heavy atom. The van der Waals surface area contributed by atoms with Gasteiger partial charge in [0.05, 0.1) is 5.56 Å². The summed E-state index contributed by atoms with van der Waals surface area (Å²) in [7, 11) is 0. The molecule has 0 radical (unpaired) electrons. The molecule has 0 aromatic heterocycles. The number of carboxylic acid groups (broad SMARTS) is 1. The fourth-order valence-corrected chi connectivity index (χ4v) is 0.656. The first-order chi connectivity index (χ1) is 5.11. The van der Waals surface area contributed by atoms with Crippen LogP contribution >= 0.6 is 0 Å². The standard InChI is InChI=1S/C7H6O4.Ti/c8-5-2-1-4(7(10)11)3-6(5)9;/h1-3,8-9H,(H,10,11);. The van der Waals surface area contributed by atoms with E-state index in [1.54, 1.807) is 0 Å². The van der Waals surface area contributed by atoms with Gasteiger partial charge in [-0.05, 0) is 18.2 Å². The average molecular weight is 202 g/mol. The van der Waals surface area contributed by atoms with Crippen molar-refractivity contribution in [3.8, 4) is 11.5 Å². The van der Waals surface area contributed by atoms with Crippen LogP contribution in [0.4, 0.5) is 0 Å². The molecule has 0 aliphatic heterocycles. The van der Waals surface area contributed by atoms with Crippen molar-refractivity contribution in [3.05, 3.63) is 23.8 Å². The molecule has 3 N–H and O–H groups in total. The average Bonchev–Trinajstić information content (AvgIpc) is 1.94. The van der Waals surface area contributed by atoms with Crippen LogP contribution in [0.3, 0.4) is 0 Å². The number of carbonyl (C=O) groups is 1. The van der Waals surface area contributed by atoms with Crippen LogP contribution in [0.2, 0.25) is 0 Å². The van der Waals surface area contributed by atoms with Crippen molar-refractivity contribution in [1.82, 2.24) is 0 Å². The summed E-state index contributed by atoms with van der Waals surface area (Å²) in [5, 5.41) is 26.0. The van der Waals surface area contributed by atoms with Gasteiger partial charge in [0.25, 0.3) is 0 Å². The van der Waals surface area contributed by atoms with Gasteiger partial charge >= 0.3 is 5.97 Å². The zero-order valence-electron chi connectivity index (χ0n) is 5.98. The molecule has 0 saturated carbocycles. The van der Waals surface area contributed by atoms with E-state index in [9.17, 15) is 4.79 Å². The van der Waals surface area contributed by atoms with Crippen molar-refractivity contribution in [2.75, 3.05) is 0 Å². The van der Waals surface area contributed by atoms with Gasteiger partial charge in [0.15, 0.2) is 11.5 Å². The zero-order valence-corrected chi connectivity index (χ0v) is 7.54. The molecule has 0 amide bonds. The third-order valence-corrected chi connectivity index (χ3v) is 1.22. The Kier molecular flexibility index (Phi) is 3.79. The summed E-state index contributed by atoms with van der Waals surface area (Å²) in [6, 6.07) is 3.31. The van der Waals surface area contributed by atoms with E-state index in [1.807, 2.05) is 0 Å². The predicted octanol–water partition coefficient (Wildman–Crippen LogP) is 0.793. The van der Waals surface area contributed by atoms with Crippen LogP contribution in [0.25, 0.3) is 0 Å². The van der Waals surface area contributed by atoms with Crippen molar-refractivity contribution >= 4 is 5.97 Å². The second-order valence-electron chi connectivity index (χ2n) is 2.01. The molecule has 0 atom stereocenters. The number of hydrogen-bond donors (Lipinski definition) is 3. The van der Waals surface area contributed by atoms with Gasteiger partial charge in [-0.2, -0.15) is 0 Å². The minimum Gasteiger partial charge on any atom is -0.504 e. The molecule has 1 aromatic rings. The topological polar surface area (TPSA) is 77.8 Å². The molecule has 12 heavy (non-hydrogen) atoms. The third kappa shape index (κ3) is 2.25. The fraction of sp³-hybridized carbons (Fsp3) is 0. The number of benzene rings is 1. The second kappa shape index (κ2) is 4.14. The van der Waals surface area contributed by atoms with Crippen molar-refractivity contribution in [1.29, 1.82) is 0 Å². The van der Waals surface area contributed by atoms with E-state index in [-0.39, 0.29) is 33.0 Å². The molecule has 0 fully saturated rings. The minimum atomic E-state index is -1.14. The van der Waals surface area contributed by atoms with Gasteiger partial charge in [0.1, 0.15) is 0 Å².